The Balaban J connectivity index is 2.53. The molecule has 0 aromatic heterocycles. The fourth-order valence-electron chi connectivity index (χ4n) is 2.07. The van der Waals surface area contributed by atoms with Crippen molar-refractivity contribution in [2.24, 2.45) is 0 Å². The first-order chi connectivity index (χ1) is 9.62. The molecule has 0 N–H and O–H groups in total. The molecule has 4 nitrogen and oxygen atoms in total. The Bertz CT molecular complexity index is 655. The van der Waals surface area contributed by atoms with Crippen LogP contribution in [0.1, 0.15) is 30.5 Å². The Labute approximate surface area is 130 Å². The largest absolute Gasteiger partial charge is 0.419 e. The lowest BCUT2D eigenvalue weighted by molar-refractivity contribution is -0.222. The van der Waals surface area contributed by atoms with Crippen molar-refractivity contribution >= 4 is 33.9 Å². The third kappa shape index (κ3) is 3.00. The van der Waals surface area contributed by atoms with Crippen molar-refractivity contribution in [3.63, 3.8) is 0 Å². The molecule has 1 aromatic carbocycles. The normalized spacial score (nSPS) is 17.3. The number of ether oxygens (including phenoxy) is 2. The summed E-state index contributed by atoms with van der Waals surface area (Å²) in [5.41, 5.74) is 1.56. The van der Waals surface area contributed by atoms with Crippen LogP contribution in [0, 0.1) is 19.7 Å². The fraction of sp³-hybridized carbons (Fsp3) is 0.333. The molecule has 0 unspecified atom stereocenters. The lowest BCUT2D eigenvalue weighted by Gasteiger charge is -2.29. The lowest BCUT2D eigenvalue weighted by atomic mass is 9.99. The van der Waals surface area contributed by atoms with E-state index in [9.17, 15) is 14.0 Å². The molecule has 1 fully saturated rings. The van der Waals surface area contributed by atoms with E-state index in [0.29, 0.717) is 16.7 Å². The minimum atomic E-state index is -1.28. The Kier molecular flexibility index (Phi) is 3.93. The van der Waals surface area contributed by atoms with Crippen LogP contribution in [-0.4, -0.2) is 17.7 Å². The molecular formula is C15H14BrFO4. The molecule has 21 heavy (non-hydrogen) atoms. The number of rotatable bonds is 1. The van der Waals surface area contributed by atoms with E-state index in [-0.39, 0.29) is 10.0 Å². The molecule has 0 saturated carbocycles. The first-order valence-corrected chi connectivity index (χ1v) is 7.05. The first kappa shape index (κ1) is 15.7. The summed E-state index contributed by atoms with van der Waals surface area (Å²) >= 11 is 3.14. The minimum Gasteiger partial charge on any atom is -0.419 e. The van der Waals surface area contributed by atoms with Gasteiger partial charge in [0.1, 0.15) is 11.4 Å². The maximum atomic E-state index is 13.6. The molecule has 2 rings (SSSR count). The van der Waals surface area contributed by atoms with E-state index in [1.807, 2.05) is 0 Å². The Hall–Kier alpha value is -1.69. The fourth-order valence-corrected chi connectivity index (χ4v) is 2.40. The van der Waals surface area contributed by atoms with Gasteiger partial charge in [-0.05, 0) is 58.6 Å². The van der Waals surface area contributed by atoms with Crippen LogP contribution >= 0.6 is 15.9 Å². The topological polar surface area (TPSA) is 52.6 Å². The molecule has 0 radical (unpaired) electrons. The molecule has 0 spiro atoms. The van der Waals surface area contributed by atoms with Crippen molar-refractivity contribution in [2.45, 2.75) is 33.5 Å². The van der Waals surface area contributed by atoms with Gasteiger partial charge in [0.2, 0.25) is 0 Å². The Morgan fingerprint density at radius 1 is 1.19 bits per heavy atom. The van der Waals surface area contributed by atoms with Gasteiger partial charge in [-0.3, -0.25) is 0 Å². The number of aryl methyl sites for hydroxylation is 1. The van der Waals surface area contributed by atoms with Gasteiger partial charge in [-0.15, -0.1) is 0 Å². The number of benzene rings is 1. The van der Waals surface area contributed by atoms with Crippen LogP contribution in [0.15, 0.2) is 16.1 Å². The molecule has 6 heteroatoms. The van der Waals surface area contributed by atoms with Gasteiger partial charge in [0.05, 0.1) is 4.47 Å². The van der Waals surface area contributed by atoms with Crippen molar-refractivity contribution < 1.29 is 23.5 Å². The summed E-state index contributed by atoms with van der Waals surface area (Å²) in [6.45, 7) is 6.34. The molecule has 1 heterocycles. The van der Waals surface area contributed by atoms with Crippen LogP contribution in [0.25, 0.3) is 6.08 Å². The monoisotopic (exact) mass is 356 g/mol. The summed E-state index contributed by atoms with van der Waals surface area (Å²) in [5, 5.41) is 0. The van der Waals surface area contributed by atoms with Crippen LogP contribution in [0.3, 0.4) is 0 Å². The SMILES string of the molecule is Cc1cc(F)c(Br)c(C)c1C=C1C(=O)OC(C)(C)OC1=O. The zero-order valence-corrected chi connectivity index (χ0v) is 13.6. The van der Waals surface area contributed by atoms with Gasteiger partial charge in [0.15, 0.2) is 0 Å². The van der Waals surface area contributed by atoms with Crippen molar-refractivity contribution in [1.29, 1.82) is 0 Å². The third-order valence-corrected chi connectivity index (χ3v) is 4.09. The van der Waals surface area contributed by atoms with E-state index in [4.69, 9.17) is 9.47 Å². The number of cyclic esters (lactones) is 2. The van der Waals surface area contributed by atoms with Gasteiger partial charge in [-0.2, -0.15) is 0 Å². The second-order valence-corrected chi connectivity index (χ2v) is 6.06. The highest BCUT2D eigenvalue weighted by molar-refractivity contribution is 9.10. The van der Waals surface area contributed by atoms with Crippen LogP contribution < -0.4 is 0 Å². The second kappa shape index (κ2) is 5.26. The number of carbonyl (C=O) groups is 2. The quantitative estimate of drug-likeness (QED) is 0.439. The standard InChI is InChI=1S/C15H14BrFO4/c1-7-5-11(17)12(16)8(2)9(7)6-10-13(18)20-15(3,4)21-14(10)19/h5-6H,1-4H3. The average Bonchev–Trinajstić information content (AvgIpc) is 2.33. The minimum absolute atomic E-state index is 0.209. The summed E-state index contributed by atoms with van der Waals surface area (Å²) in [7, 11) is 0. The third-order valence-electron chi connectivity index (χ3n) is 3.12. The summed E-state index contributed by atoms with van der Waals surface area (Å²) < 4.78 is 23.9. The van der Waals surface area contributed by atoms with Crippen molar-refractivity contribution in [2.75, 3.05) is 0 Å². The number of halogens is 2. The van der Waals surface area contributed by atoms with Crippen LogP contribution in [0.5, 0.6) is 0 Å². The number of hydrogen-bond acceptors (Lipinski definition) is 4. The molecule has 0 atom stereocenters. The van der Waals surface area contributed by atoms with Gasteiger partial charge in [-0.1, -0.05) is 0 Å². The van der Waals surface area contributed by atoms with Gasteiger partial charge < -0.3 is 9.47 Å². The maximum Gasteiger partial charge on any atom is 0.348 e. The predicted octanol–water partition coefficient (Wildman–Crippen LogP) is 3.42. The van der Waals surface area contributed by atoms with E-state index >= 15 is 0 Å². The Morgan fingerprint density at radius 2 is 1.71 bits per heavy atom. The van der Waals surface area contributed by atoms with Gasteiger partial charge in [0, 0.05) is 13.8 Å². The molecule has 1 aliphatic rings. The van der Waals surface area contributed by atoms with Crippen molar-refractivity contribution in [3.8, 4) is 0 Å². The van der Waals surface area contributed by atoms with E-state index in [0.717, 1.165) is 0 Å². The summed E-state index contributed by atoms with van der Waals surface area (Å²) in [5.74, 6) is -3.19. The molecule has 1 aliphatic heterocycles. The molecule has 0 aliphatic carbocycles. The predicted molar refractivity (Wildman–Crippen MR) is 77.8 cm³/mol. The second-order valence-electron chi connectivity index (χ2n) is 5.26. The highest BCUT2D eigenvalue weighted by Gasteiger charge is 2.39. The van der Waals surface area contributed by atoms with Crippen LogP contribution in [-0.2, 0) is 19.1 Å². The Morgan fingerprint density at radius 3 is 2.24 bits per heavy atom. The molecule has 0 amide bonds. The molecule has 0 bridgehead atoms. The van der Waals surface area contributed by atoms with Crippen molar-refractivity contribution in [1.82, 2.24) is 0 Å². The molecule has 1 aromatic rings. The molecular weight excluding hydrogens is 343 g/mol. The number of esters is 2. The van der Waals surface area contributed by atoms with E-state index < -0.39 is 23.5 Å². The molecule has 112 valence electrons. The van der Waals surface area contributed by atoms with Gasteiger partial charge >= 0.3 is 11.9 Å². The smallest absolute Gasteiger partial charge is 0.348 e. The van der Waals surface area contributed by atoms with E-state index in [1.54, 1.807) is 13.8 Å². The first-order valence-electron chi connectivity index (χ1n) is 6.26. The molecule has 1 saturated heterocycles. The zero-order chi connectivity index (χ0) is 15.9. The zero-order valence-electron chi connectivity index (χ0n) is 12.0. The summed E-state index contributed by atoms with van der Waals surface area (Å²) in [4.78, 5) is 23.8. The summed E-state index contributed by atoms with van der Waals surface area (Å²) in [6.07, 6.45) is 1.37. The average molecular weight is 357 g/mol. The maximum absolute atomic E-state index is 13.6. The highest BCUT2D eigenvalue weighted by Crippen LogP contribution is 2.30. The summed E-state index contributed by atoms with van der Waals surface area (Å²) in [6, 6.07) is 1.33. The van der Waals surface area contributed by atoms with Crippen molar-refractivity contribution in [3.05, 3.63) is 38.6 Å². The number of hydrogen-bond donors (Lipinski definition) is 0. The van der Waals surface area contributed by atoms with E-state index in [1.165, 1.54) is 26.0 Å². The van der Waals surface area contributed by atoms with E-state index in [2.05, 4.69) is 15.9 Å². The van der Waals surface area contributed by atoms with Crippen LogP contribution in [0.4, 0.5) is 4.39 Å². The van der Waals surface area contributed by atoms with Gasteiger partial charge in [-0.25, -0.2) is 14.0 Å². The van der Waals surface area contributed by atoms with Crippen LogP contribution in [0.2, 0.25) is 0 Å². The van der Waals surface area contributed by atoms with Gasteiger partial charge in [0.25, 0.3) is 5.79 Å². The highest BCUT2D eigenvalue weighted by atomic mass is 79.9. The number of carbonyl (C=O) groups excluding carboxylic acids is 2. The lowest BCUT2D eigenvalue weighted by Crippen LogP contribution is -2.41.